The van der Waals surface area contributed by atoms with Crippen molar-refractivity contribution in [3.8, 4) is 0 Å². The molecule has 2 heterocycles. The van der Waals surface area contributed by atoms with Crippen molar-refractivity contribution in [2.45, 2.75) is 13.0 Å². The molecular weight excluding hydrogens is 304 g/mol. The summed E-state index contributed by atoms with van der Waals surface area (Å²) >= 11 is 6.22. The molecule has 0 unspecified atom stereocenters. The van der Waals surface area contributed by atoms with E-state index in [-0.39, 0.29) is 18.0 Å². The van der Waals surface area contributed by atoms with Gasteiger partial charge in [0.25, 0.3) is 5.91 Å². The van der Waals surface area contributed by atoms with E-state index in [0.29, 0.717) is 35.9 Å². The van der Waals surface area contributed by atoms with Crippen molar-refractivity contribution in [1.29, 1.82) is 0 Å². The fourth-order valence-electron chi connectivity index (χ4n) is 2.86. The third kappa shape index (κ3) is 2.76. The normalized spacial score (nSPS) is 21.9. The van der Waals surface area contributed by atoms with E-state index >= 15 is 0 Å². The standard InChI is InChI=1S/C15H19ClN4O2/c1-10-9-17-4-6-19(10)14(21)12-8-11(2-3-13(12)16)20-7-5-18-15(20)22/h2-3,8,10,17H,4-7,9H2,1H3,(H,18,22)/t10-/m1/s1. The number of hydrogen-bond donors (Lipinski definition) is 2. The van der Waals surface area contributed by atoms with Crippen LogP contribution in [0.5, 0.6) is 0 Å². The maximum absolute atomic E-state index is 12.8. The summed E-state index contributed by atoms with van der Waals surface area (Å²) in [5.41, 5.74) is 1.15. The zero-order chi connectivity index (χ0) is 15.7. The van der Waals surface area contributed by atoms with Gasteiger partial charge < -0.3 is 15.5 Å². The van der Waals surface area contributed by atoms with Crippen LogP contribution in [0.4, 0.5) is 10.5 Å². The molecular formula is C15H19ClN4O2. The monoisotopic (exact) mass is 322 g/mol. The Balaban J connectivity index is 1.89. The molecule has 2 fully saturated rings. The average Bonchev–Trinajstić information content (AvgIpc) is 2.94. The van der Waals surface area contributed by atoms with Gasteiger partial charge in [-0.2, -0.15) is 0 Å². The van der Waals surface area contributed by atoms with Gasteiger partial charge in [0.05, 0.1) is 10.6 Å². The third-order valence-corrected chi connectivity index (χ3v) is 4.44. The van der Waals surface area contributed by atoms with Crippen molar-refractivity contribution in [3.05, 3.63) is 28.8 Å². The Hall–Kier alpha value is -1.79. The number of rotatable bonds is 2. The van der Waals surface area contributed by atoms with Crippen LogP contribution in [0.1, 0.15) is 17.3 Å². The van der Waals surface area contributed by atoms with E-state index in [1.54, 1.807) is 23.1 Å². The zero-order valence-corrected chi connectivity index (χ0v) is 13.2. The summed E-state index contributed by atoms with van der Waals surface area (Å²) in [6.07, 6.45) is 0. The van der Waals surface area contributed by atoms with E-state index in [4.69, 9.17) is 11.6 Å². The van der Waals surface area contributed by atoms with E-state index in [1.165, 1.54) is 0 Å². The molecule has 1 atom stereocenters. The Morgan fingerprint density at radius 3 is 2.82 bits per heavy atom. The van der Waals surface area contributed by atoms with Crippen LogP contribution < -0.4 is 15.5 Å². The van der Waals surface area contributed by atoms with E-state index in [0.717, 1.165) is 13.1 Å². The lowest BCUT2D eigenvalue weighted by atomic mass is 10.1. The van der Waals surface area contributed by atoms with Gasteiger partial charge in [0.15, 0.2) is 0 Å². The van der Waals surface area contributed by atoms with Crippen molar-refractivity contribution in [3.63, 3.8) is 0 Å². The van der Waals surface area contributed by atoms with Crippen molar-refractivity contribution < 1.29 is 9.59 Å². The second kappa shape index (κ2) is 6.14. The van der Waals surface area contributed by atoms with E-state index in [1.807, 2.05) is 11.8 Å². The fourth-order valence-corrected chi connectivity index (χ4v) is 3.06. The lowest BCUT2D eigenvalue weighted by Crippen LogP contribution is -2.52. The molecule has 118 valence electrons. The first-order valence-corrected chi connectivity index (χ1v) is 7.82. The van der Waals surface area contributed by atoms with Crippen molar-refractivity contribution in [1.82, 2.24) is 15.5 Å². The molecule has 22 heavy (non-hydrogen) atoms. The summed E-state index contributed by atoms with van der Waals surface area (Å²) < 4.78 is 0. The average molecular weight is 323 g/mol. The molecule has 0 radical (unpaired) electrons. The summed E-state index contributed by atoms with van der Waals surface area (Å²) in [5, 5.41) is 6.43. The van der Waals surface area contributed by atoms with Crippen LogP contribution in [-0.2, 0) is 0 Å². The van der Waals surface area contributed by atoms with Gasteiger partial charge in [-0.15, -0.1) is 0 Å². The number of anilines is 1. The van der Waals surface area contributed by atoms with Crippen LogP contribution in [-0.4, -0.2) is 55.6 Å². The van der Waals surface area contributed by atoms with Crippen LogP contribution in [0.25, 0.3) is 0 Å². The number of hydrogen-bond acceptors (Lipinski definition) is 3. The van der Waals surface area contributed by atoms with Gasteiger partial charge in [-0.1, -0.05) is 11.6 Å². The SMILES string of the molecule is C[C@@H]1CNCCN1C(=O)c1cc(N2CCNC2=O)ccc1Cl. The maximum atomic E-state index is 12.8. The predicted octanol–water partition coefficient (Wildman–Crippen LogP) is 1.30. The van der Waals surface area contributed by atoms with Gasteiger partial charge in [0.2, 0.25) is 0 Å². The van der Waals surface area contributed by atoms with Crippen LogP contribution in [0, 0.1) is 0 Å². The second-order valence-corrected chi connectivity index (χ2v) is 6.01. The zero-order valence-electron chi connectivity index (χ0n) is 12.4. The highest BCUT2D eigenvalue weighted by Gasteiger charge is 2.27. The van der Waals surface area contributed by atoms with Crippen LogP contribution in [0.2, 0.25) is 5.02 Å². The van der Waals surface area contributed by atoms with Crippen LogP contribution in [0.3, 0.4) is 0 Å². The summed E-state index contributed by atoms with van der Waals surface area (Å²) in [4.78, 5) is 28.0. The van der Waals surface area contributed by atoms with Crippen LogP contribution >= 0.6 is 11.6 Å². The molecule has 0 aromatic heterocycles. The Labute approximate surface area is 134 Å². The van der Waals surface area contributed by atoms with Gasteiger partial charge >= 0.3 is 6.03 Å². The summed E-state index contributed by atoms with van der Waals surface area (Å²) in [6.45, 7) is 5.43. The highest BCUT2D eigenvalue weighted by molar-refractivity contribution is 6.34. The van der Waals surface area contributed by atoms with Gasteiger partial charge in [-0.25, -0.2) is 4.79 Å². The third-order valence-electron chi connectivity index (χ3n) is 4.11. The number of piperazine rings is 1. The number of amides is 3. The van der Waals surface area contributed by atoms with Crippen molar-refractivity contribution >= 4 is 29.2 Å². The molecule has 1 aromatic rings. The number of carbonyl (C=O) groups is 2. The van der Waals surface area contributed by atoms with Crippen molar-refractivity contribution in [2.75, 3.05) is 37.6 Å². The molecule has 3 rings (SSSR count). The van der Waals surface area contributed by atoms with Crippen LogP contribution in [0.15, 0.2) is 18.2 Å². The Bertz CT molecular complexity index is 607. The molecule has 2 saturated heterocycles. The minimum Gasteiger partial charge on any atom is -0.336 e. The molecule has 7 heteroatoms. The molecule has 3 amide bonds. The molecule has 2 aliphatic heterocycles. The predicted molar refractivity (Wildman–Crippen MR) is 85.6 cm³/mol. The number of halogens is 1. The van der Waals surface area contributed by atoms with Gasteiger partial charge in [0.1, 0.15) is 0 Å². The lowest BCUT2D eigenvalue weighted by molar-refractivity contribution is 0.0656. The number of benzene rings is 1. The minimum absolute atomic E-state index is 0.0829. The first-order valence-electron chi connectivity index (χ1n) is 7.44. The number of nitrogens with one attached hydrogen (secondary N) is 2. The minimum atomic E-state index is -0.142. The second-order valence-electron chi connectivity index (χ2n) is 5.60. The number of carbonyl (C=O) groups excluding carboxylic acids is 2. The van der Waals surface area contributed by atoms with E-state index < -0.39 is 0 Å². The van der Waals surface area contributed by atoms with Gasteiger partial charge in [-0.3, -0.25) is 9.69 Å². The summed E-state index contributed by atoms with van der Waals surface area (Å²) in [6, 6.07) is 5.14. The van der Waals surface area contributed by atoms with E-state index in [9.17, 15) is 9.59 Å². The Morgan fingerprint density at radius 2 is 2.14 bits per heavy atom. The number of urea groups is 1. The summed E-state index contributed by atoms with van der Waals surface area (Å²) in [7, 11) is 0. The molecule has 0 bridgehead atoms. The highest BCUT2D eigenvalue weighted by Crippen LogP contribution is 2.26. The molecule has 0 saturated carbocycles. The smallest absolute Gasteiger partial charge is 0.321 e. The molecule has 6 nitrogen and oxygen atoms in total. The Kier molecular flexibility index (Phi) is 4.22. The summed E-state index contributed by atoms with van der Waals surface area (Å²) in [5.74, 6) is -0.0829. The Morgan fingerprint density at radius 1 is 1.32 bits per heavy atom. The maximum Gasteiger partial charge on any atom is 0.321 e. The molecule has 0 aliphatic carbocycles. The van der Waals surface area contributed by atoms with Gasteiger partial charge in [0, 0.05) is 44.5 Å². The first kappa shape index (κ1) is 15.1. The quantitative estimate of drug-likeness (QED) is 0.862. The highest BCUT2D eigenvalue weighted by atomic mass is 35.5. The molecule has 0 spiro atoms. The fraction of sp³-hybridized carbons (Fsp3) is 0.467. The molecule has 1 aromatic carbocycles. The van der Waals surface area contributed by atoms with Gasteiger partial charge in [-0.05, 0) is 25.1 Å². The molecule has 2 N–H and O–H groups in total. The lowest BCUT2D eigenvalue weighted by Gasteiger charge is -2.34. The first-order chi connectivity index (χ1) is 10.6. The van der Waals surface area contributed by atoms with Crippen molar-refractivity contribution in [2.24, 2.45) is 0 Å². The topological polar surface area (TPSA) is 64.7 Å². The number of nitrogens with zero attached hydrogens (tertiary/aromatic N) is 2. The largest absolute Gasteiger partial charge is 0.336 e. The van der Waals surface area contributed by atoms with E-state index in [2.05, 4.69) is 10.6 Å². The molecule has 2 aliphatic rings.